The van der Waals surface area contributed by atoms with Gasteiger partial charge in [-0.2, -0.15) is 15.0 Å². The lowest BCUT2D eigenvalue weighted by Gasteiger charge is -2.12. The van der Waals surface area contributed by atoms with E-state index >= 15 is 0 Å². The number of hydrogen-bond acceptors (Lipinski definition) is 10. The summed E-state index contributed by atoms with van der Waals surface area (Å²) in [4.78, 5) is 36.8. The summed E-state index contributed by atoms with van der Waals surface area (Å²) in [7, 11) is 4.02. The molecule has 2 N–H and O–H groups in total. The van der Waals surface area contributed by atoms with E-state index in [4.69, 9.17) is 0 Å². The number of hydrogen-bond donors (Lipinski definition) is 2. The van der Waals surface area contributed by atoms with Crippen molar-refractivity contribution >= 4 is 35.4 Å². The number of anilines is 3. The average Bonchev–Trinajstić information content (AvgIpc) is 2.75. The maximum Gasteiger partial charge on any atom is 0.235 e. The van der Waals surface area contributed by atoms with Gasteiger partial charge in [-0.1, -0.05) is 19.1 Å². The molecule has 0 unspecified atom stereocenters. The van der Waals surface area contributed by atoms with Crippen LogP contribution in [0.15, 0.2) is 46.6 Å². The van der Waals surface area contributed by atoms with Gasteiger partial charge < -0.3 is 10.2 Å². The summed E-state index contributed by atoms with van der Waals surface area (Å²) < 4.78 is 0. The van der Waals surface area contributed by atoms with Crippen LogP contribution in [-0.4, -0.2) is 62.8 Å². The highest BCUT2D eigenvalue weighted by Crippen LogP contribution is 2.27. The molecule has 0 aliphatic rings. The van der Waals surface area contributed by atoms with E-state index in [-0.39, 0.29) is 5.78 Å². The van der Waals surface area contributed by atoms with E-state index in [1.165, 1.54) is 11.8 Å². The molecule has 3 rings (SSSR count). The second kappa shape index (κ2) is 11.5. The topological polar surface area (TPSA) is 109 Å². The monoisotopic (exact) mass is 452 g/mol. The fourth-order valence-corrected chi connectivity index (χ4v) is 3.42. The summed E-state index contributed by atoms with van der Waals surface area (Å²) in [6.07, 6.45) is 2.69. The summed E-state index contributed by atoms with van der Waals surface area (Å²) >= 11 is 1.42. The van der Waals surface area contributed by atoms with E-state index in [0.29, 0.717) is 42.4 Å². The van der Waals surface area contributed by atoms with Gasteiger partial charge in [-0.3, -0.25) is 10.1 Å². The zero-order valence-electron chi connectivity index (χ0n) is 18.8. The van der Waals surface area contributed by atoms with Crippen molar-refractivity contribution in [3.8, 4) is 0 Å². The predicted octanol–water partition coefficient (Wildman–Crippen LogP) is 3.36. The van der Waals surface area contributed by atoms with Gasteiger partial charge in [0, 0.05) is 42.7 Å². The number of nitrogens with zero attached hydrogens (tertiary/aromatic N) is 6. The number of nitrogens with one attached hydrogen (secondary N) is 2. The van der Waals surface area contributed by atoms with Crippen LogP contribution >= 0.6 is 11.8 Å². The molecule has 0 bridgehead atoms. The van der Waals surface area contributed by atoms with Crippen LogP contribution in [0, 0.1) is 6.92 Å². The molecule has 0 radical (unpaired) electrons. The number of Topliss-reactive ketones (excluding diaryl/α,β-unsaturated/α-hetero) is 1. The van der Waals surface area contributed by atoms with Crippen LogP contribution < -0.4 is 10.6 Å². The van der Waals surface area contributed by atoms with Crippen molar-refractivity contribution in [3.05, 3.63) is 47.8 Å². The molecule has 2 aromatic heterocycles. The van der Waals surface area contributed by atoms with E-state index in [9.17, 15) is 4.79 Å². The Hall–Kier alpha value is -3.11. The molecular weight excluding hydrogens is 424 g/mol. The number of carbonyl (C=O) groups excluding carboxylic acids is 1. The van der Waals surface area contributed by atoms with E-state index in [1.807, 2.05) is 58.3 Å². The van der Waals surface area contributed by atoms with Crippen molar-refractivity contribution in [2.75, 3.05) is 37.8 Å². The number of likely N-dealkylation sites (N-methyl/N-ethyl adjacent to an activating group) is 1. The molecule has 32 heavy (non-hydrogen) atoms. The van der Waals surface area contributed by atoms with Crippen LogP contribution in [0.1, 0.15) is 24.6 Å². The first-order valence-electron chi connectivity index (χ1n) is 10.4. The van der Waals surface area contributed by atoms with Gasteiger partial charge >= 0.3 is 0 Å². The van der Waals surface area contributed by atoms with Gasteiger partial charge in [-0.15, -0.1) is 0 Å². The van der Waals surface area contributed by atoms with Crippen LogP contribution in [0.5, 0.6) is 0 Å². The lowest BCUT2D eigenvalue weighted by molar-refractivity contribution is -0.118. The van der Waals surface area contributed by atoms with Crippen LogP contribution in [0.3, 0.4) is 0 Å². The molecule has 168 valence electrons. The maximum atomic E-state index is 11.7. The van der Waals surface area contributed by atoms with Crippen molar-refractivity contribution in [1.29, 1.82) is 0 Å². The number of rotatable bonds is 11. The third kappa shape index (κ3) is 7.54. The highest BCUT2D eigenvalue weighted by Gasteiger charge is 2.10. The fraction of sp³-hybridized carbons (Fsp3) is 0.364. The smallest absolute Gasteiger partial charge is 0.235 e. The zero-order valence-corrected chi connectivity index (χ0v) is 19.6. The third-order valence-electron chi connectivity index (χ3n) is 4.40. The van der Waals surface area contributed by atoms with Gasteiger partial charge in [0.15, 0.2) is 5.16 Å². The first-order chi connectivity index (χ1) is 15.4. The molecule has 10 heteroatoms. The van der Waals surface area contributed by atoms with Crippen LogP contribution in [0.25, 0.3) is 0 Å². The molecule has 1 aromatic carbocycles. The first kappa shape index (κ1) is 23.6. The molecule has 0 saturated heterocycles. The highest BCUT2D eigenvalue weighted by molar-refractivity contribution is 7.99. The second-order valence-electron chi connectivity index (χ2n) is 7.46. The lowest BCUT2D eigenvalue weighted by Crippen LogP contribution is -2.22. The number of carbonyl (C=O) groups is 1. The molecule has 0 aliphatic heterocycles. The van der Waals surface area contributed by atoms with Gasteiger partial charge in [0.05, 0.1) is 0 Å². The van der Waals surface area contributed by atoms with Crippen LogP contribution in [0.2, 0.25) is 0 Å². The summed E-state index contributed by atoms with van der Waals surface area (Å²) in [5, 5.41) is 6.84. The summed E-state index contributed by atoms with van der Waals surface area (Å²) in [5.41, 5.74) is 1.85. The lowest BCUT2D eigenvalue weighted by atomic mass is 10.1. The molecule has 0 fully saturated rings. The Morgan fingerprint density at radius 2 is 1.75 bits per heavy atom. The zero-order chi connectivity index (χ0) is 22.9. The number of aromatic nitrogens is 5. The third-order valence-corrected chi connectivity index (χ3v) is 5.28. The highest BCUT2D eigenvalue weighted by atomic mass is 32.2. The molecule has 2 heterocycles. The van der Waals surface area contributed by atoms with Gasteiger partial charge in [-0.05, 0) is 56.5 Å². The van der Waals surface area contributed by atoms with Crippen molar-refractivity contribution < 1.29 is 4.79 Å². The van der Waals surface area contributed by atoms with Crippen LogP contribution in [-0.2, 0) is 11.2 Å². The number of aryl methyl sites for hydroxylation is 1. The minimum Gasteiger partial charge on any atom is -0.353 e. The Labute approximate surface area is 192 Å². The Morgan fingerprint density at radius 3 is 2.44 bits per heavy atom. The minimum absolute atomic E-state index is 0.227. The molecule has 0 spiro atoms. The Balaban J connectivity index is 1.78. The molecule has 0 amide bonds. The largest absolute Gasteiger partial charge is 0.353 e. The molecule has 3 aromatic rings. The van der Waals surface area contributed by atoms with Crippen LogP contribution in [0.4, 0.5) is 17.8 Å². The van der Waals surface area contributed by atoms with Gasteiger partial charge in [0.1, 0.15) is 5.78 Å². The number of benzene rings is 1. The van der Waals surface area contributed by atoms with Gasteiger partial charge in [0.2, 0.25) is 17.8 Å². The summed E-state index contributed by atoms with van der Waals surface area (Å²) in [5.74, 6) is 1.50. The molecule has 0 aliphatic carbocycles. The quantitative estimate of drug-likeness (QED) is 0.449. The Morgan fingerprint density at radius 1 is 1.00 bits per heavy atom. The fourth-order valence-electron chi connectivity index (χ4n) is 2.67. The van der Waals surface area contributed by atoms with E-state index in [1.54, 1.807) is 6.20 Å². The van der Waals surface area contributed by atoms with Crippen molar-refractivity contribution in [2.24, 2.45) is 0 Å². The molecule has 9 nitrogen and oxygen atoms in total. The van der Waals surface area contributed by atoms with Gasteiger partial charge in [0.25, 0.3) is 0 Å². The van der Waals surface area contributed by atoms with Crippen molar-refractivity contribution in [3.63, 3.8) is 0 Å². The van der Waals surface area contributed by atoms with Crippen molar-refractivity contribution in [1.82, 2.24) is 29.8 Å². The van der Waals surface area contributed by atoms with E-state index in [2.05, 4.69) is 40.5 Å². The SMILES string of the molecule is CCC(=O)Cc1ccc(Sc2nc(NCCN(C)C)nc(Nc3nccc(C)n3)n2)cc1. The standard InChI is InChI=1S/C22H28N8OS/c1-5-17(31)14-16-6-8-18(9-7-16)32-22-28-20(24-12-13-30(3)4)27-21(29-22)26-19-23-11-10-15(2)25-19/h6-11H,5,12-14H2,1-4H3,(H2,23,24,25,26,27,28,29). The number of ketones is 1. The van der Waals surface area contributed by atoms with Crippen molar-refractivity contribution in [2.45, 2.75) is 36.7 Å². The maximum absolute atomic E-state index is 11.7. The predicted molar refractivity (Wildman–Crippen MR) is 126 cm³/mol. The molecule has 0 saturated carbocycles. The minimum atomic E-state index is 0.227. The average molecular weight is 453 g/mol. The first-order valence-corrected chi connectivity index (χ1v) is 11.2. The normalized spacial score (nSPS) is 10.9. The summed E-state index contributed by atoms with van der Waals surface area (Å²) in [6.45, 7) is 5.32. The second-order valence-corrected chi connectivity index (χ2v) is 8.50. The Kier molecular flexibility index (Phi) is 8.46. The van der Waals surface area contributed by atoms with E-state index in [0.717, 1.165) is 22.7 Å². The summed E-state index contributed by atoms with van der Waals surface area (Å²) in [6, 6.07) is 9.71. The molecule has 0 atom stereocenters. The molecular formula is C22H28N8OS. The van der Waals surface area contributed by atoms with Gasteiger partial charge in [-0.25, -0.2) is 9.97 Å². The Bertz CT molecular complexity index is 1040. The van der Waals surface area contributed by atoms with E-state index < -0.39 is 0 Å².